The van der Waals surface area contributed by atoms with Crippen LogP contribution in [-0.4, -0.2) is 61.6 Å². The molecule has 1 saturated heterocycles. The first-order valence-corrected chi connectivity index (χ1v) is 13.4. The van der Waals surface area contributed by atoms with Crippen molar-refractivity contribution in [2.24, 2.45) is 4.99 Å². The lowest BCUT2D eigenvalue weighted by atomic mass is 10.2. The van der Waals surface area contributed by atoms with Gasteiger partial charge in [-0.3, -0.25) is 10.3 Å². The molecular formula is C23H34N4O4S2. The summed E-state index contributed by atoms with van der Waals surface area (Å²) in [6.07, 6.45) is 2.06. The highest BCUT2D eigenvalue weighted by atomic mass is 32.2. The fourth-order valence-electron chi connectivity index (χ4n) is 3.53. The number of benzene rings is 1. The van der Waals surface area contributed by atoms with Crippen LogP contribution in [0, 0.1) is 0 Å². The molecule has 0 bridgehead atoms. The van der Waals surface area contributed by atoms with Crippen LogP contribution in [0.5, 0.6) is 0 Å². The Morgan fingerprint density at radius 1 is 1.30 bits per heavy atom. The minimum atomic E-state index is -3.51. The summed E-state index contributed by atoms with van der Waals surface area (Å²) in [6.45, 7) is 10.0. The van der Waals surface area contributed by atoms with Crippen molar-refractivity contribution in [1.29, 1.82) is 0 Å². The van der Waals surface area contributed by atoms with Crippen molar-refractivity contribution in [3.63, 3.8) is 0 Å². The average molecular weight is 495 g/mol. The second kappa shape index (κ2) is 11.6. The summed E-state index contributed by atoms with van der Waals surface area (Å²) in [5, 5.41) is 18.1. The molecule has 2 aliphatic rings. The first-order chi connectivity index (χ1) is 15.7. The number of nitrogens with one attached hydrogen (secondary N) is 2. The van der Waals surface area contributed by atoms with E-state index in [2.05, 4.69) is 17.6 Å². The Kier molecular flexibility index (Phi) is 9.14. The zero-order valence-electron chi connectivity index (χ0n) is 19.7. The summed E-state index contributed by atoms with van der Waals surface area (Å²) in [6, 6.07) is 6.79. The van der Waals surface area contributed by atoms with E-state index in [0.717, 1.165) is 33.2 Å². The number of aliphatic hydroxyl groups excluding tert-OH is 1. The van der Waals surface area contributed by atoms with E-state index in [-0.39, 0.29) is 11.1 Å². The topological polar surface area (TPSA) is 103 Å². The Bertz CT molecular complexity index is 1010. The molecule has 0 spiro atoms. The lowest BCUT2D eigenvalue weighted by Gasteiger charge is -2.26. The summed E-state index contributed by atoms with van der Waals surface area (Å²) in [5.41, 5.74) is 2.95. The summed E-state index contributed by atoms with van der Waals surface area (Å²) in [4.78, 5) is 5.77. The van der Waals surface area contributed by atoms with Gasteiger partial charge in [0.25, 0.3) is 0 Å². The molecule has 8 nitrogen and oxygen atoms in total. The van der Waals surface area contributed by atoms with Gasteiger partial charge in [0, 0.05) is 30.2 Å². The van der Waals surface area contributed by atoms with Crippen molar-refractivity contribution in [1.82, 2.24) is 14.9 Å². The highest BCUT2D eigenvalue weighted by molar-refractivity contribution is 8.17. The highest BCUT2D eigenvalue weighted by Gasteiger charge is 2.26. The minimum Gasteiger partial charge on any atom is -0.379 e. The Morgan fingerprint density at radius 3 is 2.58 bits per heavy atom. The molecule has 0 aliphatic carbocycles. The van der Waals surface area contributed by atoms with Crippen LogP contribution in [0.1, 0.15) is 39.7 Å². The van der Waals surface area contributed by atoms with Gasteiger partial charge in [-0.2, -0.15) is 4.31 Å². The van der Waals surface area contributed by atoms with Crippen LogP contribution in [-0.2, 0) is 21.3 Å². The average Bonchev–Trinajstić information content (AvgIpc) is 2.81. The summed E-state index contributed by atoms with van der Waals surface area (Å²) < 4.78 is 32.2. The van der Waals surface area contributed by atoms with Crippen LogP contribution in [0.4, 0.5) is 0 Å². The highest BCUT2D eigenvalue weighted by Crippen LogP contribution is 2.27. The van der Waals surface area contributed by atoms with Gasteiger partial charge in [-0.15, -0.1) is 0 Å². The van der Waals surface area contributed by atoms with E-state index >= 15 is 0 Å². The smallest absolute Gasteiger partial charge is 0.243 e. The molecule has 33 heavy (non-hydrogen) atoms. The second-order valence-electron chi connectivity index (χ2n) is 8.27. The zero-order valence-corrected chi connectivity index (χ0v) is 21.3. The third-order valence-electron chi connectivity index (χ3n) is 5.39. The van der Waals surface area contributed by atoms with Crippen molar-refractivity contribution in [2.45, 2.75) is 57.9 Å². The minimum absolute atomic E-state index is 0.0493. The fourth-order valence-corrected chi connectivity index (χ4v) is 5.98. The lowest BCUT2D eigenvalue weighted by molar-refractivity contribution is 0.0730. The monoisotopic (exact) mass is 494 g/mol. The molecule has 1 aromatic rings. The number of hydrogen-bond donors (Lipinski definition) is 3. The number of hydrogen-bond acceptors (Lipinski definition) is 8. The molecule has 2 unspecified atom stereocenters. The number of aliphatic imine (C=N–C) groups is 1. The maximum Gasteiger partial charge on any atom is 0.243 e. The van der Waals surface area contributed by atoms with Crippen LogP contribution in [0.25, 0.3) is 0 Å². The maximum atomic E-state index is 12.8. The molecule has 3 rings (SSSR count). The molecule has 2 aliphatic heterocycles. The number of aliphatic hydroxyl groups is 1. The normalized spacial score (nSPS) is 20.5. The number of morpholine rings is 1. The molecular weight excluding hydrogens is 460 g/mol. The Hall–Kier alpha value is -1.69. The second-order valence-corrected chi connectivity index (χ2v) is 11.3. The number of allylic oxidation sites excluding steroid dienone is 2. The molecule has 10 heteroatoms. The lowest BCUT2D eigenvalue weighted by Crippen LogP contribution is -2.40. The summed E-state index contributed by atoms with van der Waals surface area (Å²) in [5.74, 6) is 0. The van der Waals surface area contributed by atoms with Gasteiger partial charge in [0.1, 0.15) is 12.4 Å². The van der Waals surface area contributed by atoms with Crippen LogP contribution in [0.2, 0.25) is 0 Å². The predicted octanol–water partition coefficient (Wildman–Crippen LogP) is 2.78. The SMILES string of the molecule is CCC1N=C(SC(=C(C)C)C(O)NCc2ccc(S(=O)(=O)N3CCOCC3)cc2)C=C(C)N1. The zero-order chi connectivity index (χ0) is 24.0. The standard InChI is InChI=1S/C23H34N4O4S2/c1-5-20-25-17(4)14-21(26-20)32-22(16(2)3)23(28)24-15-18-6-8-19(9-7-18)33(29,30)27-10-12-31-13-11-27/h6-9,14,20,23-25,28H,5,10-13,15H2,1-4H3. The van der Waals surface area contributed by atoms with E-state index in [1.54, 1.807) is 24.3 Å². The van der Waals surface area contributed by atoms with Crippen molar-refractivity contribution in [3.8, 4) is 0 Å². The van der Waals surface area contributed by atoms with Crippen molar-refractivity contribution < 1.29 is 18.3 Å². The van der Waals surface area contributed by atoms with E-state index in [9.17, 15) is 13.5 Å². The molecule has 2 heterocycles. The van der Waals surface area contributed by atoms with Gasteiger partial charge in [0.05, 0.1) is 23.2 Å². The maximum absolute atomic E-state index is 12.8. The predicted molar refractivity (Wildman–Crippen MR) is 133 cm³/mol. The number of sulfonamides is 1. The van der Waals surface area contributed by atoms with Crippen molar-refractivity contribution in [3.05, 3.63) is 52.1 Å². The molecule has 2 atom stereocenters. The molecule has 0 saturated carbocycles. The largest absolute Gasteiger partial charge is 0.379 e. The van der Waals surface area contributed by atoms with Crippen LogP contribution >= 0.6 is 11.8 Å². The molecule has 1 aromatic carbocycles. The van der Waals surface area contributed by atoms with Gasteiger partial charge in [0.15, 0.2) is 0 Å². The third-order valence-corrected chi connectivity index (χ3v) is 8.59. The van der Waals surface area contributed by atoms with Crippen LogP contribution in [0.3, 0.4) is 0 Å². The van der Waals surface area contributed by atoms with Gasteiger partial charge in [-0.1, -0.05) is 36.4 Å². The van der Waals surface area contributed by atoms with Crippen molar-refractivity contribution >= 4 is 26.8 Å². The quantitative estimate of drug-likeness (QED) is 0.478. The molecule has 182 valence electrons. The van der Waals surface area contributed by atoms with Crippen LogP contribution in [0.15, 0.2) is 56.4 Å². The first-order valence-electron chi connectivity index (χ1n) is 11.2. The molecule has 0 aromatic heterocycles. The van der Waals surface area contributed by atoms with E-state index in [4.69, 9.17) is 9.73 Å². The van der Waals surface area contributed by atoms with Crippen molar-refractivity contribution in [2.75, 3.05) is 26.3 Å². The Morgan fingerprint density at radius 2 is 1.97 bits per heavy atom. The van der Waals surface area contributed by atoms with Gasteiger partial charge in [-0.25, -0.2) is 8.42 Å². The first kappa shape index (κ1) is 25.9. The van der Waals surface area contributed by atoms with E-state index < -0.39 is 16.3 Å². The molecule has 3 N–H and O–H groups in total. The number of rotatable bonds is 8. The number of ether oxygens (including phenoxy) is 1. The number of thioether (sulfide) groups is 1. The molecule has 0 radical (unpaired) electrons. The summed E-state index contributed by atoms with van der Waals surface area (Å²) >= 11 is 1.47. The fraction of sp³-hybridized carbons (Fsp3) is 0.522. The van der Waals surface area contributed by atoms with Gasteiger partial charge < -0.3 is 15.2 Å². The van der Waals surface area contributed by atoms with Gasteiger partial charge >= 0.3 is 0 Å². The van der Waals surface area contributed by atoms with Gasteiger partial charge in [-0.05, 0) is 51.0 Å². The van der Waals surface area contributed by atoms with E-state index in [1.165, 1.54) is 16.1 Å². The number of nitrogens with zero attached hydrogens (tertiary/aromatic N) is 2. The van der Waals surface area contributed by atoms with E-state index in [1.807, 2.05) is 26.8 Å². The molecule has 1 fully saturated rings. The Labute approximate surface area is 201 Å². The molecule has 0 amide bonds. The van der Waals surface area contributed by atoms with Gasteiger partial charge in [0.2, 0.25) is 10.0 Å². The van der Waals surface area contributed by atoms with Crippen LogP contribution < -0.4 is 10.6 Å². The summed E-state index contributed by atoms with van der Waals surface area (Å²) in [7, 11) is -3.51. The Balaban J connectivity index is 1.62. The van der Waals surface area contributed by atoms with E-state index in [0.29, 0.717) is 32.8 Å². The third kappa shape index (κ3) is 6.91.